The molecule has 0 aliphatic rings. The zero-order valence-corrected chi connectivity index (χ0v) is 18.6. The lowest BCUT2D eigenvalue weighted by atomic mass is 10.2. The van der Waals surface area contributed by atoms with Crippen LogP contribution >= 0.6 is 11.6 Å². The fraction of sp³-hybridized carbons (Fsp3) is 0.136. The van der Waals surface area contributed by atoms with Gasteiger partial charge < -0.3 is 14.2 Å². The van der Waals surface area contributed by atoms with E-state index in [1.54, 1.807) is 24.3 Å². The summed E-state index contributed by atoms with van der Waals surface area (Å²) in [6.07, 6.45) is 0. The van der Waals surface area contributed by atoms with E-state index < -0.39 is 16.0 Å². The van der Waals surface area contributed by atoms with E-state index >= 15 is 0 Å². The number of benzene rings is 3. The molecule has 162 valence electrons. The van der Waals surface area contributed by atoms with Crippen LogP contribution in [0.4, 0.5) is 5.69 Å². The summed E-state index contributed by atoms with van der Waals surface area (Å²) >= 11 is 5.83. The lowest BCUT2D eigenvalue weighted by Gasteiger charge is -2.19. The fourth-order valence-electron chi connectivity index (χ4n) is 2.76. The van der Waals surface area contributed by atoms with Crippen molar-refractivity contribution in [2.75, 3.05) is 25.6 Å². The molecular weight excluding hydrogens is 442 g/mol. The minimum absolute atomic E-state index is 0.114. The highest BCUT2D eigenvalue weighted by molar-refractivity contribution is 7.92. The molecule has 0 aliphatic carbocycles. The largest absolute Gasteiger partial charge is 0.493 e. The number of carbonyl (C=O) groups excluding carboxylic acids is 1. The van der Waals surface area contributed by atoms with Gasteiger partial charge in [-0.2, -0.15) is 0 Å². The predicted octanol–water partition coefficient (Wildman–Crippen LogP) is 4.40. The highest BCUT2D eigenvalue weighted by Crippen LogP contribution is 2.29. The van der Waals surface area contributed by atoms with Crippen LogP contribution in [-0.4, -0.2) is 35.7 Å². The maximum atomic E-state index is 12.8. The van der Waals surface area contributed by atoms with E-state index in [9.17, 15) is 13.2 Å². The number of rotatable bonds is 7. The van der Waals surface area contributed by atoms with Crippen molar-refractivity contribution >= 4 is 33.3 Å². The van der Waals surface area contributed by atoms with Gasteiger partial charge in [-0.25, -0.2) is 13.2 Å². The van der Waals surface area contributed by atoms with Gasteiger partial charge in [-0.3, -0.25) is 4.31 Å². The average molecular weight is 462 g/mol. The van der Waals surface area contributed by atoms with Gasteiger partial charge in [0.05, 0.1) is 30.4 Å². The van der Waals surface area contributed by atoms with Crippen molar-refractivity contribution in [2.45, 2.75) is 4.90 Å². The molecule has 0 fully saturated rings. The van der Waals surface area contributed by atoms with Crippen molar-refractivity contribution in [3.05, 3.63) is 77.3 Å². The lowest BCUT2D eigenvalue weighted by Crippen LogP contribution is -2.26. The van der Waals surface area contributed by atoms with Crippen LogP contribution < -0.4 is 18.5 Å². The molecule has 0 N–H and O–H groups in total. The smallest absolute Gasteiger partial charge is 0.343 e. The minimum Gasteiger partial charge on any atom is -0.493 e. The van der Waals surface area contributed by atoms with Gasteiger partial charge in [0.1, 0.15) is 5.75 Å². The van der Waals surface area contributed by atoms with Crippen molar-refractivity contribution in [1.29, 1.82) is 0 Å². The molecule has 0 radical (unpaired) electrons. The van der Waals surface area contributed by atoms with Crippen LogP contribution in [0.25, 0.3) is 0 Å². The molecule has 3 aromatic rings. The summed E-state index contributed by atoms with van der Waals surface area (Å²) in [6.45, 7) is 0. The second kappa shape index (κ2) is 9.28. The number of carbonyl (C=O) groups is 1. The molecule has 0 amide bonds. The van der Waals surface area contributed by atoms with Crippen molar-refractivity contribution in [2.24, 2.45) is 0 Å². The van der Waals surface area contributed by atoms with Gasteiger partial charge in [-0.1, -0.05) is 11.6 Å². The first-order chi connectivity index (χ1) is 14.8. The number of sulfonamides is 1. The summed E-state index contributed by atoms with van der Waals surface area (Å²) in [4.78, 5) is 12.6. The van der Waals surface area contributed by atoms with Crippen molar-refractivity contribution in [1.82, 2.24) is 0 Å². The van der Waals surface area contributed by atoms with Gasteiger partial charge in [0.2, 0.25) is 0 Å². The maximum absolute atomic E-state index is 12.8. The summed E-state index contributed by atoms with van der Waals surface area (Å²) in [5.74, 6) is 0.575. The Morgan fingerprint density at radius 2 is 1.48 bits per heavy atom. The molecule has 0 heterocycles. The molecule has 0 aromatic heterocycles. The summed E-state index contributed by atoms with van der Waals surface area (Å²) in [5.41, 5.74) is 0.685. The molecule has 3 aromatic carbocycles. The highest BCUT2D eigenvalue weighted by Gasteiger charge is 2.21. The van der Waals surface area contributed by atoms with E-state index in [1.165, 1.54) is 63.7 Å². The Balaban J connectivity index is 1.75. The summed E-state index contributed by atoms with van der Waals surface area (Å²) < 4.78 is 42.4. The van der Waals surface area contributed by atoms with E-state index in [2.05, 4.69) is 0 Å². The molecular formula is C22H20ClNO6S. The summed E-state index contributed by atoms with van der Waals surface area (Å²) in [5, 5.41) is 0.447. The van der Waals surface area contributed by atoms with Gasteiger partial charge in [-0.15, -0.1) is 0 Å². The van der Waals surface area contributed by atoms with E-state index in [4.69, 9.17) is 25.8 Å². The number of halogens is 1. The third-order valence-corrected chi connectivity index (χ3v) is 6.55. The van der Waals surface area contributed by atoms with Crippen molar-refractivity contribution in [3.8, 4) is 17.2 Å². The van der Waals surface area contributed by atoms with Gasteiger partial charge >= 0.3 is 5.97 Å². The van der Waals surface area contributed by atoms with Gasteiger partial charge in [0.25, 0.3) is 10.0 Å². The summed E-state index contributed by atoms with van der Waals surface area (Å²) in [6, 6.07) is 16.7. The van der Waals surface area contributed by atoms with E-state index in [0.717, 1.165) is 4.31 Å². The summed E-state index contributed by atoms with van der Waals surface area (Å²) in [7, 11) is 0.652. The number of hydrogen-bond donors (Lipinski definition) is 0. The van der Waals surface area contributed by atoms with E-state index in [0.29, 0.717) is 22.2 Å². The molecule has 0 atom stereocenters. The van der Waals surface area contributed by atoms with Crippen LogP contribution in [0, 0.1) is 0 Å². The van der Waals surface area contributed by atoms with E-state index in [1.807, 2.05) is 0 Å². The third-order valence-electron chi connectivity index (χ3n) is 4.50. The van der Waals surface area contributed by atoms with Crippen LogP contribution in [0.1, 0.15) is 10.4 Å². The molecule has 0 spiro atoms. The first-order valence-corrected chi connectivity index (χ1v) is 10.9. The standard InChI is InChI=1S/C22H20ClNO6S/c1-24(31(26,27)19-11-5-16(23)6-12-19)17-7-9-18(10-8-17)30-22(25)15-4-13-20(28-2)21(14-15)29-3/h4-14H,1-3H3. The maximum Gasteiger partial charge on any atom is 0.343 e. The monoisotopic (exact) mass is 461 g/mol. The van der Waals surface area contributed by atoms with Gasteiger partial charge in [-0.05, 0) is 66.7 Å². The Labute approximate surface area is 185 Å². The third kappa shape index (κ3) is 4.92. The first-order valence-electron chi connectivity index (χ1n) is 9.05. The number of anilines is 1. The second-order valence-corrected chi connectivity index (χ2v) is 8.79. The Kier molecular flexibility index (Phi) is 6.72. The zero-order valence-electron chi connectivity index (χ0n) is 17.0. The molecule has 0 bridgehead atoms. The van der Waals surface area contributed by atoms with Crippen LogP contribution in [0.15, 0.2) is 71.6 Å². The molecule has 7 nitrogen and oxygen atoms in total. The number of ether oxygens (including phenoxy) is 3. The molecule has 9 heteroatoms. The first kappa shape index (κ1) is 22.5. The fourth-order valence-corrected chi connectivity index (χ4v) is 4.08. The zero-order chi connectivity index (χ0) is 22.6. The molecule has 0 saturated heterocycles. The predicted molar refractivity (Wildman–Crippen MR) is 118 cm³/mol. The highest BCUT2D eigenvalue weighted by atomic mass is 35.5. The topological polar surface area (TPSA) is 82.1 Å². The quantitative estimate of drug-likeness (QED) is 0.383. The number of methoxy groups -OCH3 is 2. The average Bonchev–Trinajstić information content (AvgIpc) is 2.78. The number of esters is 1. The molecule has 0 unspecified atom stereocenters. The van der Waals surface area contributed by atoms with Crippen molar-refractivity contribution < 1.29 is 27.4 Å². The number of nitrogens with zero attached hydrogens (tertiary/aromatic N) is 1. The second-order valence-electron chi connectivity index (χ2n) is 6.38. The van der Waals surface area contributed by atoms with Gasteiger partial charge in [0.15, 0.2) is 11.5 Å². The minimum atomic E-state index is -3.76. The van der Waals surface area contributed by atoms with Crippen LogP contribution in [0.3, 0.4) is 0 Å². The van der Waals surface area contributed by atoms with E-state index in [-0.39, 0.29) is 16.2 Å². The van der Waals surface area contributed by atoms with Crippen LogP contribution in [0.2, 0.25) is 5.02 Å². The molecule has 0 aliphatic heterocycles. The molecule has 3 rings (SSSR count). The van der Waals surface area contributed by atoms with Crippen LogP contribution in [-0.2, 0) is 10.0 Å². The molecule has 0 saturated carbocycles. The Morgan fingerprint density at radius 3 is 2.06 bits per heavy atom. The van der Waals surface area contributed by atoms with Crippen molar-refractivity contribution in [3.63, 3.8) is 0 Å². The molecule has 31 heavy (non-hydrogen) atoms. The Bertz CT molecular complexity index is 1180. The number of hydrogen-bond acceptors (Lipinski definition) is 6. The van der Waals surface area contributed by atoms with Crippen LogP contribution in [0.5, 0.6) is 17.2 Å². The van der Waals surface area contributed by atoms with Gasteiger partial charge in [0, 0.05) is 12.1 Å². The Morgan fingerprint density at radius 1 is 0.871 bits per heavy atom. The lowest BCUT2D eigenvalue weighted by molar-refractivity contribution is 0.0734. The Hall–Kier alpha value is -3.23. The normalized spacial score (nSPS) is 11.0. The SMILES string of the molecule is COc1ccc(C(=O)Oc2ccc(N(C)S(=O)(=O)c3ccc(Cl)cc3)cc2)cc1OC.